The predicted molar refractivity (Wildman–Crippen MR) is 113 cm³/mol. The molecule has 1 saturated carbocycles. The second-order valence-corrected chi connectivity index (χ2v) is 8.33. The third-order valence-corrected chi connectivity index (χ3v) is 6.86. The molecule has 2 aromatic carbocycles. The smallest absolute Gasteiger partial charge is 0.407 e. The number of amides is 1. The topological polar surface area (TPSA) is 57.6 Å². The van der Waals surface area contributed by atoms with Gasteiger partial charge in [0.15, 0.2) is 0 Å². The Morgan fingerprint density at radius 2 is 1.46 bits per heavy atom. The van der Waals surface area contributed by atoms with Crippen molar-refractivity contribution in [3.05, 3.63) is 59.7 Å². The lowest BCUT2D eigenvalue weighted by Gasteiger charge is -2.36. The summed E-state index contributed by atoms with van der Waals surface area (Å²) < 4.78 is 0. The zero-order valence-electron chi connectivity index (χ0n) is 15.7. The molecule has 1 fully saturated rings. The van der Waals surface area contributed by atoms with Crippen LogP contribution in [0.15, 0.2) is 48.5 Å². The monoisotopic (exact) mass is 441 g/mol. The first-order valence-corrected chi connectivity index (χ1v) is 11.0. The summed E-state index contributed by atoms with van der Waals surface area (Å²) in [7, 11) is 0. The Balaban J connectivity index is 1.56. The van der Waals surface area contributed by atoms with Crippen molar-refractivity contribution in [1.82, 2.24) is 4.90 Å². The number of carboxylic acid groups (broad SMARTS) is 1. The largest absolute Gasteiger partial charge is 0.465 e. The van der Waals surface area contributed by atoms with Crippen LogP contribution in [0.4, 0.5) is 4.79 Å². The summed E-state index contributed by atoms with van der Waals surface area (Å²) in [4.78, 5) is 25.7. The molecule has 0 spiro atoms. The highest BCUT2D eigenvalue weighted by molar-refractivity contribution is 9.09. The normalized spacial score (nSPS) is 21.0. The van der Waals surface area contributed by atoms with Crippen molar-refractivity contribution < 1.29 is 14.7 Å². The van der Waals surface area contributed by atoms with E-state index < -0.39 is 6.09 Å². The zero-order valence-corrected chi connectivity index (χ0v) is 17.3. The van der Waals surface area contributed by atoms with Crippen LogP contribution in [0.1, 0.15) is 42.7 Å². The lowest BCUT2D eigenvalue weighted by molar-refractivity contribution is -0.121. The van der Waals surface area contributed by atoms with Crippen LogP contribution in [0, 0.1) is 5.92 Å². The zero-order chi connectivity index (χ0) is 19.7. The van der Waals surface area contributed by atoms with Gasteiger partial charge in [-0.1, -0.05) is 64.5 Å². The van der Waals surface area contributed by atoms with Crippen LogP contribution >= 0.6 is 15.9 Å². The number of benzene rings is 2. The van der Waals surface area contributed by atoms with Gasteiger partial charge in [0, 0.05) is 24.4 Å². The maximum atomic E-state index is 12.1. The van der Waals surface area contributed by atoms with Crippen LogP contribution in [-0.2, 0) is 4.79 Å². The predicted octanol–water partition coefficient (Wildman–Crippen LogP) is 5.30. The van der Waals surface area contributed by atoms with Crippen molar-refractivity contribution >= 4 is 27.8 Å². The fraction of sp³-hybridized carbons (Fsp3) is 0.391. The SMILES string of the molecule is O=C(CBr)C1CCC(N(CC2c3ccccc3-c3ccccc32)C(=O)O)CC1. The van der Waals surface area contributed by atoms with Gasteiger partial charge < -0.3 is 10.0 Å². The summed E-state index contributed by atoms with van der Waals surface area (Å²) in [5.41, 5.74) is 4.83. The first-order chi connectivity index (χ1) is 13.6. The first-order valence-electron chi connectivity index (χ1n) is 9.86. The van der Waals surface area contributed by atoms with Crippen LogP contribution in [0.2, 0.25) is 0 Å². The van der Waals surface area contributed by atoms with Crippen LogP contribution in [0.25, 0.3) is 11.1 Å². The maximum absolute atomic E-state index is 12.1. The molecule has 0 aliphatic heterocycles. The molecule has 4 nitrogen and oxygen atoms in total. The van der Waals surface area contributed by atoms with Gasteiger partial charge in [-0.15, -0.1) is 0 Å². The van der Waals surface area contributed by atoms with Gasteiger partial charge in [0.1, 0.15) is 5.78 Å². The van der Waals surface area contributed by atoms with E-state index in [1.54, 1.807) is 4.90 Å². The van der Waals surface area contributed by atoms with E-state index in [0.29, 0.717) is 11.9 Å². The van der Waals surface area contributed by atoms with Gasteiger partial charge >= 0.3 is 6.09 Å². The molecule has 146 valence electrons. The number of fused-ring (bicyclic) bond motifs is 3. The summed E-state index contributed by atoms with van der Waals surface area (Å²) >= 11 is 3.25. The van der Waals surface area contributed by atoms with Crippen LogP contribution in [0.5, 0.6) is 0 Å². The van der Waals surface area contributed by atoms with Gasteiger partial charge in [0.25, 0.3) is 0 Å². The Morgan fingerprint density at radius 1 is 0.929 bits per heavy atom. The van der Waals surface area contributed by atoms with Gasteiger partial charge in [-0.25, -0.2) is 4.79 Å². The number of hydrogen-bond acceptors (Lipinski definition) is 2. The second-order valence-electron chi connectivity index (χ2n) is 7.77. The number of alkyl halides is 1. The number of carbonyl (C=O) groups is 2. The van der Waals surface area contributed by atoms with E-state index in [-0.39, 0.29) is 23.7 Å². The molecule has 0 atom stereocenters. The minimum atomic E-state index is -0.864. The van der Waals surface area contributed by atoms with Crippen molar-refractivity contribution in [1.29, 1.82) is 0 Å². The van der Waals surface area contributed by atoms with E-state index in [1.807, 2.05) is 24.3 Å². The third-order valence-electron chi connectivity index (χ3n) is 6.31. The molecule has 0 aromatic heterocycles. The quantitative estimate of drug-likeness (QED) is 0.640. The van der Waals surface area contributed by atoms with E-state index in [4.69, 9.17) is 0 Å². The van der Waals surface area contributed by atoms with Crippen molar-refractivity contribution in [2.24, 2.45) is 5.92 Å². The molecule has 4 rings (SSSR count). The van der Waals surface area contributed by atoms with E-state index >= 15 is 0 Å². The van der Waals surface area contributed by atoms with Crippen molar-refractivity contribution in [3.63, 3.8) is 0 Å². The van der Waals surface area contributed by atoms with Crippen molar-refractivity contribution in [3.8, 4) is 11.1 Å². The number of halogens is 1. The third kappa shape index (κ3) is 3.48. The minimum Gasteiger partial charge on any atom is -0.465 e. The average molecular weight is 442 g/mol. The van der Waals surface area contributed by atoms with Crippen molar-refractivity contribution in [2.75, 3.05) is 11.9 Å². The lowest BCUT2D eigenvalue weighted by atomic mass is 9.83. The summed E-state index contributed by atoms with van der Waals surface area (Å²) in [6.07, 6.45) is 2.20. The highest BCUT2D eigenvalue weighted by atomic mass is 79.9. The highest BCUT2D eigenvalue weighted by Crippen LogP contribution is 2.45. The minimum absolute atomic E-state index is 0.0169. The Kier molecular flexibility index (Phi) is 5.54. The number of hydrogen-bond donors (Lipinski definition) is 1. The molecule has 2 aliphatic carbocycles. The molecule has 0 bridgehead atoms. The molecule has 1 amide bonds. The Bertz CT molecular complexity index is 843. The Morgan fingerprint density at radius 3 is 1.96 bits per heavy atom. The number of Topliss-reactive ketones (excluding diaryl/α,β-unsaturated/α-hetero) is 1. The lowest BCUT2D eigenvalue weighted by Crippen LogP contribution is -2.44. The summed E-state index contributed by atoms with van der Waals surface area (Å²) in [5, 5.41) is 10.3. The molecule has 2 aromatic rings. The number of carbonyl (C=O) groups excluding carboxylic acids is 1. The molecule has 0 radical (unpaired) electrons. The summed E-state index contributed by atoms with van der Waals surface area (Å²) in [5.74, 6) is 0.364. The van der Waals surface area contributed by atoms with Gasteiger partial charge in [-0.2, -0.15) is 0 Å². The molecule has 5 heteroatoms. The molecule has 0 unspecified atom stereocenters. The maximum Gasteiger partial charge on any atom is 0.407 e. The van der Waals surface area contributed by atoms with Gasteiger partial charge in [0.05, 0.1) is 5.33 Å². The average Bonchev–Trinajstić information content (AvgIpc) is 3.05. The van der Waals surface area contributed by atoms with Gasteiger partial charge in [-0.3, -0.25) is 4.79 Å². The van der Waals surface area contributed by atoms with Gasteiger partial charge in [-0.05, 0) is 47.9 Å². The molecule has 28 heavy (non-hydrogen) atoms. The molecule has 2 aliphatic rings. The van der Waals surface area contributed by atoms with E-state index in [9.17, 15) is 14.7 Å². The number of rotatable bonds is 5. The Labute approximate surface area is 173 Å². The van der Waals surface area contributed by atoms with Crippen LogP contribution in [0.3, 0.4) is 0 Å². The van der Waals surface area contributed by atoms with Crippen molar-refractivity contribution in [2.45, 2.75) is 37.6 Å². The van der Waals surface area contributed by atoms with E-state index in [0.717, 1.165) is 25.7 Å². The fourth-order valence-corrected chi connectivity index (χ4v) is 5.31. The summed E-state index contributed by atoms with van der Waals surface area (Å²) in [6, 6.07) is 16.6. The standard InChI is InChI=1S/C23H24BrNO3/c24-13-22(26)15-9-11-16(12-10-15)25(23(27)28)14-21-19-7-3-1-5-17(19)18-6-2-4-8-20(18)21/h1-8,15-16,21H,9-14H2,(H,27,28). The number of ketones is 1. The van der Waals surface area contributed by atoms with Gasteiger partial charge in [0.2, 0.25) is 0 Å². The molecule has 0 saturated heterocycles. The van der Waals surface area contributed by atoms with E-state index in [2.05, 4.69) is 40.2 Å². The summed E-state index contributed by atoms with van der Waals surface area (Å²) in [6.45, 7) is 0.463. The van der Waals surface area contributed by atoms with Crippen LogP contribution in [-0.4, -0.2) is 39.8 Å². The molecule has 0 heterocycles. The highest BCUT2D eigenvalue weighted by Gasteiger charge is 2.35. The first kappa shape index (κ1) is 19.2. The second kappa shape index (κ2) is 8.08. The van der Waals surface area contributed by atoms with Crippen LogP contribution < -0.4 is 0 Å². The number of nitrogens with zero attached hydrogens (tertiary/aromatic N) is 1. The fourth-order valence-electron chi connectivity index (χ4n) is 4.86. The molecular weight excluding hydrogens is 418 g/mol. The molecule has 1 N–H and O–H groups in total. The Hall–Kier alpha value is -2.14. The van der Waals surface area contributed by atoms with E-state index in [1.165, 1.54) is 22.3 Å². The molecular formula is C23H24BrNO3.